The molecule has 2 saturated carbocycles. The summed E-state index contributed by atoms with van der Waals surface area (Å²) in [6.07, 6.45) is 13.8. The van der Waals surface area contributed by atoms with Gasteiger partial charge in [-0.05, 0) is 105 Å². The molecule has 0 N–H and O–H groups in total. The molecule has 0 aromatic carbocycles. The van der Waals surface area contributed by atoms with Gasteiger partial charge in [0, 0.05) is 18.3 Å². The molecule has 0 unspecified atom stereocenters. The molecule has 49 heavy (non-hydrogen) atoms. The van der Waals surface area contributed by atoms with E-state index in [1.807, 2.05) is 13.8 Å². The molecule has 0 saturated heterocycles. The molecule has 280 valence electrons. The van der Waals surface area contributed by atoms with Gasteiger partial charge in [0.1, 0.15) is 12.2 Å². The lowest BCUT2D eigenvalue weighted by atomic mass is 9.64. The second-order valence-corrected chi connectivity index (χ2v) is 29.6. The number of carbonyl (C=O) groups excluding carboxylic acids is 1. The predicted molar refractivity (Wildman–Crippen MR) is 212 cm³/mol. The summed E-state index contributed by atoms with van der Waals surface area (Å²) in [5.41, 5.74) is 4.63. The predicted octanol–water partition coefficient (Wildman–Crippen LogP) is 12.2. The summed E-state index contributed by atoms with van der Waals surface area (Å²) in [6.45, 7) is 42.2. The lowest BCUT2D eigenvalue weighted by molar-refractivity contribution is -0.222. The molecule has 0 aliphatic heterocycles. The zero-order valence-electron chi connectivity index (χ0n) is 34.8. The van der Waals surface area contributed by atoms with E-state index in [-0.39, 0.29) is 39.6 Å². The fourth-order valence-electron chi connectivity index (χ4n) is 7.05. The van der Waals surface area contributed by atoms with Gasteiger partial charge in [0.2, 0.25) is 0 Å². The van der Waals surface area contributed by atoms with Crippen molar-refractivity contribution in [3.05, 3.63) is 47.1 Å². The van der Waals surface area contributed by atoms with Crippen molar-refractivity contribution in [1.29, 1.82) is 0 Å². The molecule has 0 heterocycles. The highest BCUT2D eigenvalue weighted by Crippen LogP contribution is 2.56. The van der Waals surface area contributed by atoms with Crippen molar-refractivity contribution in [3.63, 3.8) is 0 Å². The number of esters is 1. The smallest absolute Gasteiger partial charge is 0.332 e. The minimum atomic E-state index is -2.39. The number of ether oxygens (including phenoxy) is 2. The Morgan fingerprint density at radius 3 is 2.08 bits per heavy atom. The molecule has 7 heteroatoms. The summed E-state index contributed by atoms with van der Waals surface area (Å²) in [5.74, 6) is -0.883. The van der Waals surface area contributed by atoms with Gasteiger partial charge in [0.05, 0.1) is 6.10 Å². The van der Waals surface area contributed by atoms with E-state index in [4.69, 9.17) is 24.9 Å². The third-order valence-corrected chi connectivity index (χ3v) is 22.4. The topological polar surface area (TPSA) is 54.0 Å². The van der Waals surface area contributed by atoms with Gasteiger partial charge in [-0.3, -0.25) is 0 Å². The van der Waals surface area contributed by atoms with Crippen LogP contribution in [0.5, 0.6) is 0 Å². The Labute approximate surface area is 304 Å². The highest BCUT2D eigenvalue weighted by atomic mass is 28.4. The fourth-order valence-corrected chi connectivity index (χ4v) is 9.80. The maximum atomic E-state index is 13.5. The van der Waals surface area contributed by atoms with Gasteiger partial charge >= 0.3 is 5.97 Å². The van der Waals surface area contributed by atoms with E-state index in [2.05, 4.69) is 121 Å². The highest BCUT2D eigenvalue weighted by Gasteiger charge is 2.52. The molecule has 2 fully saturated rings. The molecule has 0 bridgehead atoms. The number of hydrogen-bond donors (Lipinski definition) is 0. The second-order valence-electron chi connectivity index (χ2n) is 20.1. The zero-order valence-corrected chi connectivity index (χ0v) is 36.8. The molecule has 0 amide bonds. The number of rotatable bonds is 10. The van der Waals surface area contributed by atoms with E-state index in [0.717, 1.165) is 30.4 Å². The maximum Gasteiger partial charge on any atom is 0.332 e. The first-order chi connectivity index (χ1) is 22.0. The number of hydrogen-bond acceptors (Lipinski definition) is 5. The lowest BCUT2D eigenvalue weighted by Crippen LogP contribution is -2.56. The van der Waals surface area contributed by atoms with E-state index in [0.29, 0.717) is 18.8 Å². The summed E-state index contributed by atoms with van der Waals surface area (Å²) in [7, 11) is -4.60. The van der Waals surface area contributed by atoms with Gasteiger partial charge in [0.15, 0.2) is 22.4 Å². The SMILES string of the molecule is C=C1C(=CC=C2CCC[C@]3(C)C(CC)=CC[C@@H]23)C[C@@](OCC(=O)OC(C)(C)C(C)(C)C)(O[Si](C)(C)C(C)(C)C)C[C@@H]1O[Si](C)(C)C(C)(C)C. The Hall–Kier alpha value is -1.26. The van der Waals surface area contributed by atoms with Crippen LogP contribution in [0.2, 0.25) is 36.3 Å². The molecule has 0 aromatic rings. The van der Waals surface area contributed by atoms with Crippen LogP contribution in [0.25, 0.3) is 0 Å². The summed E-state index contributed by atoms with van der Waals surface area (Å²) < 4.78 is 27.4. The highest BCUT2D eigenvalue weighted by molar-refractivity contribution is 6.74. The maximum absolute atomic E-state index is 13.5. The average molecular weight is 715 g/mol. The van der Waals surface area contributed by atoms with Gasteiger partial charge in [-0.15, -0.1) is 0 Å². The molecule has 3 aliphatic carbocycles. The Bertz CT molecular complexity index is 1330. The summed E-state index contributed by atoms with van der Waals surface area (Å²) in [4.78, 5) is 13.5. The zero-order chi connectivity index (χ0) is 37.6. The molecule has 4 atom stereocenters. The summed E-state index contributed by atoms with van der Waals surface area (Å²) >= 11 is 0. The van der Waals surface area contributed by atoms with Crippen LogP contribution >= 0.6 is 0 Å². The lowest BCUT2D eigenvalue weighted by Gasteiger charge is -2.51. The van der Waals surface area contributed by atoms with E-state index >= 15 is 0 Å². The van der Waals surface area contributed by atoms with E-state index in [1.54, 1.807) is 5.57 Å². The van der Waals surface area contributed by atoms with Gasteiger partial charge in [0.25, 0.3) is 0 Å². The van der Waals surface area contributed by atoms with Crippen LogP contribution < -0.4 is 0 Å². The van der Waals surface area contributed by atoms with Crippen molar-refractivity contribution in [3.8, 4) is 0 Å². The van der Waals surface area contributed by atoms with Crippen LogP contribution in [0.3, 0.4) is 0 Å². The number of carbonyl (C=O) groups is 1. The molecule has 0 radical (unpaired) electrons. The minimum Gasteiger partial charge on any atom is -0.457 e. The van der Waals surface area contributed by atoms with Crippen molar-refractivity contribution >= 4 is 22.6 Å². The first-order valence-electron chi connectivity index (χ1n) is 19.0. The van der Waals surface area contributed by atoms with E-state index in [9.17, 15) is 4.79 Å². The number of fused-ring (bicyclic) bond motifs is 1. The summed E-state index contributed by atoms with van der Waals surface area (Å²) in [5, 5.41) is -0.0467. The van der Waals surface area contributed by atoms with Gasteiger partial charge in [-0.2, -0.15) is 0 Å². The number of allylic oxidation sites excluding steroid dienone is 5. The van der Waals surface area contributed by atoms with Crippen LogP contribution in [0.15, 0.2) is 47.1 Å². The first kappa shape index (κ1) is 42.2. The Morgan fingerprint density at radius 1 is 0.959 bits per heavy atom. The largest absolute Gasteiger partial charge is 0.457 e. The van der Waals surface area contributed by atoms with Crippen molar-refractivity contribution in [2.24, 2.45) is 16.7 Å². The van der Waals surface area contributed by atoms with Gasteiger partial charge in [-0.1, -0.05) is 112 Å². The monoisotopic (exact) mass is 715 g/mol. The molecule has 5 nitrogen and oxygen atoms in total. The molecule has 3 rings (SSSR count). The quantitative estimate of drug-likeness (QED) is 0.0976. The Balaban J connectivity index is 2.11. The second kappa shape index (κ2) is 14.3. The normalized spacial score (nSPS) is 29.3. The van der Waals surface area contributed by atoms with Crippen LogP contribution in [0.4, 0.5) is 0 Å². The third-order valence-electron chi connectivity index (χ3n) is 13.5. The molecular formula is C42H74O5Si2. The van der Waals surface area contributed by atoms with Crippen molar-refractivity contribution in [2.75, 3.05) is 6.61 Å². The standard InChI is InChI=1S/C42H74O5Si2/c1-19-33-24-25-34-31(21-20-26-41(33,34)14)22-23-32-27-42(47-49(17,18)39(9,10)11,44-29-36(43)45-40(12,13)37(3,4)5)28-35(30(32)2)46-48(15,16)38(6,7)8/h22-24,34-35H,2,19-21,25-29H2,1,3-18H3/t34-,35-,41+,42+/m0/s1. The molecular weight excluding hydrogens is 641 g/mol. The molecule has 0 spiro atoms. The van der Waals surface area contributed by atoms with Crippen LogP contribution in [0, 0.1) is 16.7 Å². The average Bonchev–Trinajstić information content (AvgIpc) is 3.27. The summed E-state index contributed by atoms with van der Waals surface area (Å²) in [6, 6.07) is 0. The Morgan fingerprint density at radius 2 is 1.55 bits per heavy atom. The van der Waals surface area contributed by atoms with Crippen LogP contribution in [0.1, 0.15) is 135 Å². The third kappa shape index (κ3) is 9.22. The van der Waals surface area contributed by atoms with Gasteiger partial charge < -0.3 is 18.3 Å². The Kier molecular flexibility index (Phi) is 12.3. The van der Waals surface area contributed by atoms with Crippen molar-refractivity contribution < 1.29 is 23.1 Å². The fraction of sp³-hybridized carbons (Fsp3) is 0.786. The van der Waals surface area contributed by atoms with Crippen molar-refractivity contribution in [2.45, 2.75) is 189 Å². The van der Waals surface area contributed by atoms with Crippen LogP contribution in [-0.4, -0.2) is 46.7 Å². The molecule has 0 aromatic heterocycles. The first-order valence-corrected chi connectivity index (χ1v) is 24.8. The van der Waals surface area contributed by atoms with E-state index in [1.165, 1.54) is 18.4 Å². The minimum absolute atomic E-state index is 0.0156. The van der Waals surface area contributed by atoms with Gasteiger partial charge in [-0.25, -0.2) is 4.79 Å². The molecule has 3 aliphatic rings. The van der Waals surface area contributed by atoms with Crippen LogP contribution in [-0.2, 0) is 23.1 Å². The van der Waals surface area contributed by atoms with Crippen molar-refractivity contribution in [1.82, 2.24) is 0 Å². The van der Waals surface area contributed by atoms with E-state index < -0.39 is 28.0 Å².